The molecule has 0 atom stereocenters. The van der Waals surface area contributed by atoms with E-state index in [0.717, 1.165) is 19.5 Å². The van der Waals surface area contributed by atoms with Gasteiger partial charge in [0, 0.05) is 12.1 Å². The van der Waals surface area contributed by atoms with Gasteiger partial charge in [-0.3, -0.25) is 0 Å². The molecule has 2 nitrogen and oxygen atoms in total. The van der Waals surface area contributed by atoms with E-state index in [1.54, 1.807) is 0 Å². The Morgan fingerprint density at radius 2 is 2.00 bits per heavy atom. The van der Waals surface area contributed by atoms with Gasteiger partial charge >= 0.3 is 0 Å². The van der Waals surface area contributed by atoms with Crippen LogP contribution in [0.2, 0.25) is 0 Å². The first-order valence-electron chi connectivity index (χ1n) is 4.14. The predicted molar refractivity (Wildman–Crippen MR) is 43.8 cm³/mol. The van der Waals surface area contributed by atoms with Crippen LogP contribution in [-0.2, 0) is 13.0 Å². The monoisotopic (exact) mass is 152 g/mol. The first-order valence-corrected chi connectivity index (χ1v) is 4.14. The van der Waals surface area contributed by atoms with Crippen LogP contribution in [0, 0.1) is 0 Å². The number of quaternary nitrogens is 1. The van der Waals surface area contributed by atoms with Crippen molar-refractivity contribution >= 4 is 0 Å². The van der Waals surface area contributed by atoms with Gasteiger partial charge in [0.2, 0.25) is 0 Å². The number of hydrogen-bond acceptors (Lipinski definition) is 0. The van der Waals surface area contributed by atoms with Gasteiger partial charge in [-0.15, -0.1) is 0 Å². The summed E-state index contributed by atoms with van der Waals surface area (Å²) in [4.78, 5) is 0. The fourth-order valence-corrected chi connectivity index (χ4v) is 1.06. The molecular formula is C9H16N2+2. The Bertz CT molecular complexity index is 203. The summed E-state index contributed by atoms with van der Waals surface area (Å²) in [7, 11) is 0. The van der Waals surface area contributed by atoms with Crippen LogP contribution in [0.4, 0.5) is 0 Å². The molecule has 0 amide bonds. The van der Waals surface area contributed by atoms with Gasteiger partial charge in [0.1, 0.15) is 6.54 Å². The fraction of sp³-hybridized carbons (Fsp3) is 0.444. The topological polar surface area (TPSA) is 31.5 Å². The van der Waals surface area contributed by atoms with Crippen LogP contribution < -0.4 is 10.3 Å². The molecule has 1 heterocycles. The first kappa shape index (κ1) is 8.21. The van der Waals surface area contributed by atoms with E-state index in [2.05, 4.69) is 41.8 Å². The van der Waals surface area contributed by atoms with E-state index < -0.39 is 0 Å². The molecule has 0 aliphatic heterocycles. The summed E-state index contributed by atoms with van der Waals surface area (Å²) < 4.78 is 2.16. The summed E-state index contributed by atoms with van der Waals surface area (Å²) in [6.45, 7) is 4.14. The van der Waals surface area contributed by atoms with Crippen LogP contribution >= 0.6 is 0 Å². The molecule has 0 radical (unpaired) electrons. The van der Waals surface area contributed by atoms with Crippen LogP contribution in [0.5, 0.6) is 0 Å². The van der Waals surface area contributed by atoms with Crippen molar-refractivity contribution in [2.24, 2.45) is 0 Å². The Hall–Kier alpha value is -0.890. The number of hydrogen-bond donors (Lipinski definition) is 1. The lowest BCUT2D eigenvalue weighted by Gasteiger charge is -1.94. The Labute approximate surface area is 67.7 Å². The molecule has 60 valence electrons. The highest BCUT2D eigenvalue weighted by Crippen LogP contribution is 1.94. The summed E-state index contributed by atoms with van der Waals surface area (Å²) in [5.74, 6) is 0. The average molecular weight is 152 g/mol. The maximum atomic E-state index is 3.80. The van der Waals surface area contributed by atoms with Gasteiger partial charge in [-0.05, 0) is 12.0 Å². The number of aromatic nitrogens is 1. The lowest BCUT2D eigenvalue weighted by Crippen LogP contribution is -2.56. The van der Waals surface area contributed by atoms with Crippen molar-refractivity contribution in [2.45, 2.75) is 19.9 Å². The zero-order valence-electron chi connectivity index (χ0n) is 7.09. The number of rotatable bonds is 3. The molecule has 0 saturated heterocycles. The van der Waals surface area contributed by atoms with E-state index in [-0.39, 0.29) is 0 Å². The van der Waals surface area contributed by atoms with Crippen molar-refractivity contribution in [3.05, 3.63) is 30.1 Å². The van der Waals surface area contributed by atoms with Crippen LogP contribution in [0.1, 0.15) is 12.5 Å². The van der Waals surface area contributed by atoms with E-state index in [0.29, 0.717) is 0 Å². The van der Waals surface area contributed by atoms with Gasteiger partial charge in [-0.25, -0.2) is 0 Å². The highest BCUT2D eigenvalue weighted by Gasteiger charge is 1.97. The minimum Gasteiger partial charge on any atom is -0.352 e. The number of pyridine rings is 1. The molecule has 3 N–H and O–H groups in total. The zero-order valence-corrected chi connectivity index (χ0v) is 7.09. The molecule has 0 aliphatic carbocycles. The molecule has 2 heteroatoms. The molecular weight excluding hydrogens is 136 g/mol. The molecule has 1 aromatic heterocycles. The molecule has 0 saturated carbocycles. The van der Waals surface area contributed by atoms with Crippen molar-refractivity contribution in [1.82, 2.24) is 0 Å². The molecule has 1 aromatic rings. The normalized spacial score (nSPS) is 10.0. The SMILES string of the molecule is CCc1cc[n+](CC[NH3+])cc1. The van der Waals surface area contributed by atoms with Gasteiger partial charge < -0.3 is 5.73 Å². The molecule has 0 fully saturated rings. The van der Waals surface area contributed by atoms with Crippen molar-refractivity contribution in [2.75, 3.05) is 6.54 Å². The minimum absolute atomic E-state index is 0.955. The summed E-state index contributed by atoms with van der Waals surface area (Å²) in [5.41, 5.74) is 5.20. The van der Waals surface area contributed by atoms with Gasteiger partial charge in [-0.2, -0.15) is 4.57 Å². The van der Waals surface area contributed by atoms with Gasteiger partial charge in [-0.1, -0.05) is 6.92 Å². The molecule has 0 spiro atoms. The average Bonchev–Trinajstić information content (AvgIpc) is 2.07. The van der Waals surface area contributed by atoms with E-state index >= 15 is 0 Å². The maximum Gasteiger partial charge on any atom is 0.196 e. The minimum atomic E-state index is 0.955. The van der Waals surface area contributed by atoms with Crippen molar-refractivity contribution in [3.63, 3.8) is 0 Å². The standard InChI is InChI=1S/C9H15N2/c1-2-9-3-6-11(7-4-9)8-5-10/h3-4,6-7H,2,5,8,10H2,1H3/q+1/p+1. The highest BCUT2D eigenvalue weighted by molar-refractivity contribution is 5.06. The van der Waals surface area contributed by atoms with E-state index in [1.165, 1.54) is 5.56 Å². The Morgan fingerprint density at radius 3 is 2.45 bits per heavy atom. The third-order valence-electron chi connectivity index (χ3n) is 1.78. The second kappa shape index (κ2) is 4.09. The molecule has 0 unspecified atom stereocenters. The van der Waals surface area contributed by atoms with Crippen molar-refractivity contribution in [3.8, 4) is 0 Å². The lowest BCUT2D eigenvalue weighted by molar-refractivity contribution is -0.711. The summed E-state index contributed by atoms with van der Waals surface area (Å²) in [5, 5.41) is 0. The van der Waals surface area contributed by atoms with Gasteiger partial charge in [0.05, 0.1) is 0 Å². The van der Waals surface area contributed by atoms with Crippen LogP contribution in [0.3, 0.4) is 0 Å². The number of nitrogens with zero attached hydrogens (tertiary/aromatic N) is 1. The summed E-state index contributed by atoms with van der Waals surface area (Å²) in [6, 6.07) is 4.32. The van der Waals surface area contributed by atoms with E-state index in [1.807, 2.05) is 0 Å². The fourth-order valence-electron chi connectivity index (χ4n) is 1.06. The number of aryl methyl sites for hydroxylation is 1. The largest absolute Gasteiger partial charge is 0.352 e. The van der Waals surface area contributed by atoms with Crippen LogP contribution in [0.15, 0.2) is 24.5 Å². The first-order chi connectivity index (χ1) is 5.36. The summed E-state index contributed by atoms with van der Waals surface area (Å²) >= 11 is 0. The lowest BCUT2D eigenvalue weighted by atomic mass is 10.2. The zero-order chi connectivity index (χ0) is 8.10. The molecule has 1 rings (SSSR count). The third kappa shape index (κ3) is 2.31. The molecule has 11 heavy (non-hydrogen) atoms. The third-order valence-corrected chi connectivity index (χ3v) is 1.78. The Balaban J connectivity index is 2.66. The molecule has 0 aliphatic rings. The highest BCUT2D eigenvalue weighted by atomic mass is 14.9. The van der Waals surface area contributed by atoms with Gasteiger partial charge in [0.15, 0.2) is 18.9 Å². The molecule has 0 aromatic carbocycles. The smallest absolute Gasteiger partial charge is 0.196 e. The van der Waals surface area contributed by atoms with Crippen molar-refractivity contribution in [1.29, 1.82) is 0 Å². The predicted octanol–water partition coefficient (Wildman–Crippen LogP) is -0.222. The Morgan fingerprint density at radius 1 is 1.36 bits per heavy atom. The van der Waals surface area contributed by atoms with Crippen molar-refractivity contribution < 1.29 is 10.3 Å². The van der Waals surface area contributed by atoms with E-state index in [9.17, 15) is 0 Å². The van der Waals surface area contributed by atoms with E-state index in [4.69, 9.17) is 0 Å². The quantitative estimate of drug-likeness (QED) is 0.581. The Kier molecular flexibility index (Phi) is 3.05. The second-order valence-electron chi connectivity index (χ2n) is 2.65. The van der Waals surface area contributed by atoms with Crippen LogP contribution in [-0.4, -0.2) is 6.54 Å². The second-order valence-corrected chi connectivity index (χ2v) is 2.65. The van der Waals surface area contributed by atoms with Crippen LogP contribution in [0.25, 0.3) is 0 Å². The molecule has 0 bridgehead atoms. The van der Waals surface area contributed by atoms with Gasteiger partial charge in [0.25, 0.3) is 0 Å². The maximum absolute atomic E-state index is 3.80. The summed E-state index contributed by atoms with van der Waals surface area (Å²) in [6.07, 6.45) is 5.35.